The third-order valence-electron chi connectivity index (χ3n) is 6.46. The van der Waals surface area contributed by atoms with Crippen molar-refractivity contribution in [2.45, 2.75) is 48.0 Å². The molecule has 0 saturated carbocycles. The molecular formula is C30H44N6O7. The molecule has 13 nitrogen and oxygen atoms in total. The van der Waals surface area contributed by atoms with E-state index in [0.29, 0.717) is 45.0 Å². The van der Waals surface area contributed by atoms with Crippen LogP contribution in [-0.2, 0) is 33.6 Å². The molecule has 3 aliphatic heterocycles. The predicted molar refractivity (Wildman–Crippen MR) is 159 cm³/mol. The predicted octanol–water partition coefficient (Wildman–Crippen LogP) is 0.195. The summed E-state index contributed by atoms with van der Waals surface area (Å²) in [5.74, 6) is -2.26. The van der Waals surface area contributed by atoms with Crippen molar-refractivity contribution in [3.63, 3.8) is 0 Å². The highest BCUT2D eigenvalue weighted by molar-refractivity contribution is 6.14. The molecule has 0 aromatic heterocycles. The SMILES string of the molecule is C=C1C=CC(=O)N1CC(=O)NCC(C)(C)C.CC(C)(C)CNC(=O)CC(=O)N1CCN(C(=O)CN2C(=O)C=CC2=O)CC1. The van der Waals surface area contributed by atoms with Gasteiger partial charge >= 0.3 is 0 Å². The quantitative estimate of drug-likeness (QED) is 0.298. The maximum Gasteiger partial charge on any atom is 0.254 e. The van der Waals surface area contributed by atoms with E-state index in [4.69, 9.17) is 0 Å². The first-order chi connectivity index (χ1) is 19.9. The van der Waals surface area contributed by atoms with Crippen LogP contribution in [0.15, 0.2) is 36.6 Å². The number of amides is 7. The molecule has 7 amide bonds. The summed E-state index contributed by atoms with van der Waals surface area (Å²) in [6.07, 6.45) is 5.08. The minimum Gasteiger partial charge on any atom is -0.355 e. The molecule has 3 rings (SSSR count). The maximum absolute atomic E-state index is 12.3. The Morgan fingerprint density at radius 3 is 1.51 bits per heavy atom. The van der Waals surface area contributed by atoms with E-state index in [9.17, 15) is 33.6 Å². The minimum absolute atomic E-state index is 0.0416. The lowest BCUT2D eigenvalue weighted by Crippen LogP contribution is -2.53. The van der Waals surface area contributed by atoms with Crippen LogP contribution in [0.4, 0.5) is 0 Å². The van der Waals surface area contributed by atoms with Gasteiger partial charge in [-0.15, -0.1) is 0 Å². The lowest BCUT2D eigenvalue weighted by atomic mass is 9.97. The number of piperazine rings is 1. The van der Waals surface area contributed by atoms with E-state index in [-0.39, 0.29) is 59.9 Å². The van der Waals surface area contributed by atoms with Gasteiger partial charge < -0.3 is 25.3 Å². The fraction of sp³-hybridized carbons (Fsp3) is 0.567. The Kier molecular flexibility index (Phi) is 12.0. The highest BCUT2D eigenvalue weighted by Crippen LogP contribution is 2.14. The van der Waals surface area contributed by atoms with Crippen LogP contribution in [0.2, 0.25) is 0 Å². The molecule has 0 bridgehead atoms. The number of hydrogen-bond donors (Lipinski definition) is 2. The highest BCUT2D eigenvalue weighted by Gasteiger charge is 2.30. The van der Waals surface area contributed by atoms with Gasteiger partial charge in [-0.05, 0) is 16.9 Å². The van der Waals surface area contributed by atoms with Crippen molar-refractivity contribution < 1.29 is 33.6 Å². The summed E-state index contributed by atoms with van der Waals surface area (Å²) in [4.78, 5) is 87.6. The Balaban J connectivity index is 0.000000344. The Morgan fingerprint density at radius 2 is 1.07 bits per heavy atom. The zero-order valence-corrected chi connectivity index (χ0v) is 26.0. The van der Waals surface area contributed by atoms with Crippen molar-refractivity contribution in [3.8, 4) is 0 Å². The lowest BCUT2D eigenvalue weighted by Gasteiger charge is -2.35. The van der Waals surface area contributed by atoms with Gasteiger partial charge in [-0.3, -0.25) is 38.5 Å². The maximum atomic E-state index is 12.3. The first-order valence-corrected chi connectivity index (χ1v) is 14.2. The molecule has 0 aliphatic carbocycles. The number of hydrogen-bond acceptors (Lipinski definition) is 7. The van der Waals surface area contributed by atoms with Crippen LogP contribution in [0.5, 0.6) is 0 Å². The molecule has 0 unspecified atom stereocenters. The standard InChI is InChI=1S/C18H26N4O5.C12H18N2O2/c1-18(2,3)12-19-13(23)10-16(26)20-6-8-21(9-7-20)17(27)11-22-14(24)4-5-15(22)25;1-9-5-6-11(16)14(9)7-10(15)13-8-12(2,3)4/h4-5H,6-12H2,1-3H3,(H,19,23);5-6H,1,7-8H2,2-4H3,(H,13,15). The van der Waals surface area contributed by atoms with Crippen LogP contribution in [0.3, 0.4) is 0 Å². The van der Waals surface area contributed by atoms with Crippen LogP contribution in [0, 0.1) is 10.8 Å². The molecule has 3 aliphatic rings. The molecule has 0 aromatic rings. The summed E-state index contributed by atoms with van der Waals surface area (Å²) in [7, 11) is 0. The number of nitrogens with zero attached hydrogens (tertiary/aromatic N) is 4. The van der Waals surface area contributed by atoms with Crippen LogP contribution in [0.1, 0.15) is 48.0 Å². The molecule has 0 aromatic carbocycles. The topological polar surface area (TPSA) is 157 Å². The number of carbonyl (C=O) groups excluding carboxylic acids is 7. The molecular weight excluding hydrogens is 556 g/mol. The van der Waals surface area contributed by atoms with E-state index in [1.54, 1.807) is 11.0 Å². The van der Waals surface area contributed by atoms with Crippen molar-refractivity contribution in [1.29, 1.82) is 0 Å². The van der Waals surface area contributed by atoms with Crippen molar-refractivity contribution >= 4 is 41.4 Å². The van der Waals surface area contributed by atoms with Crippen LogP contribution in [-0.4, -0.2) is 113 Å². The summed E-state index contributed by atoms with van der Waals surface area (Å²) >= 11 is 0. The van der Waals surface area contributed by atoms with Gasteiger partial charge in [-0.2, -0.15) is 0 Å². The fourth-order valence-electron chi connectivity index (χ4n) is 3.93. The minimum atomic E-state index is -0.497. The Morgan fingerprint density at radius 1 is 0.651 bits per heavy atom. The van der Waals surface area contributed by atoms with Gasteiger partial charge in [0.25, 0.3) is 17.7 Å². The number of allylic oxidation sites excluding steroid dienone is 1. The molecule has 2 N–H and O–H groups in total. The summed E-state index contributed by atoms with van der Waals surface area (Å²) in [6.45, 7) is 17.8. The van der Waals surface area contributed by atoms with Crippen LogP contribution >= 0.6 is 0 Å². The summed E-state index contributed by atoms with van der Waals surface area (Å²) < 4.78 is 0. The molecule has 0 atom stereocenters. The second kappa shape index (κ2) is 14.7. The van der Waals surface area contributed by atoms with Gasteiger partial charge in [-0.1, -0.05) is 48.1 Å². The molecule has 1 saturated heterocycles. The number of rotatable bonds is 8. The van der Waals surface area contributed by atoms with E-state index in [1.165, 1.54) is 15.9 Å². The van der Waals surface area contributed by atoms with E-state index in [2.05, 4.69) is 17.2 Å². The second-order valence-electron chi connectivity index (χ2n) is 13.0. The lowest BCUT2D eigenvalue weighted by molar-refractivity contribution is -0.146. The smallest absolute Gasteiger partial charge is 0.254 e. The van der Waals surface area contributed by atoms with Gasteiger partial charge in [0.05, 0.1) is 0 Å². The average molecular weight is 601 g/mol. The van der Waals surface area contributed by atoms with Crippen LogP contribution < -0.4 is 10.6 Å². The Bertz CT molecular complexity index is 1160. The summed E-state index contributed by atoms with van der Waals surface area (Å²) in [5.41, 5.74) is 0.550. The van der Waals surface area contributed by atoms with Crippen molar-refractivity contribution in [1.82, 2.24) is 30.2 Å². The van der Waals surface area contributed by atoms with E-state index in [1.807, 2.05) is 41.5 Å². The molecule has 0 spiro atoms. The van der Waals surface area contributed by atoms with Crippen molar-refractivity contribution in [2.24, 2.45) is 10.8 Å². The van der Waals surface area contributed by atoms with E-state index >= 15 is 0 Å². The summed E-state index contributed by atoms with van der Waals surface area (Å²) in [6, 6.07) is 0. The Hall–Kier alpha value is -4.29. The monoisotopic (exact) mass is 600 g/mol. The average Bonchev–Trinajstić information content (AvgIpc) is 3.40. The molecule has 0 radical (unpaired) electrons. The van der Waals surface area contributed by atoms with Gasteiger partial charge in [0.1, 0.15) is 19.5 Å². The third-order valence-corrected chi connectivity index (χ3v) is 6.46. The first kappa shape index (κ1) is 34.9. The number of carbonyl (C=O) groups is 7. The largest absolute Gasteiger partial charge is 0.355 e. The van der Waals surface area contributed by atoms with Crippen LogP contribution in [0.25, 0.3) is 0 Å². The first-order valence-electron chi connectivity index (χ1n) is 14.2. The number of nitrogens with one attached hydrogen (secondary N) is 2. The van der Waals surface area contributed by atoms with Crippen molar-refractivity contribution in [2.75, 3.05) is 52.4 Å². The molecule has 1 fully saturated rings. The Labute approximate surface area is 253 Å². The molecule has 236 valence electrons. The van der Waals surface area contributed by atoms with E-state index < -0.39 is 11.8 Å². The molecule has 3 heterocycles. The second-order valence-corrected chi connectivity index (χ2v) is 13.0. The van der Waals surface area contributed by atoms with Crippen molar-refractivity contribution in [3.05, 3.63) is 36.6 Å². The van der Waals surface area contributed by atoms with Gasteiger partial charge in [0, 0.05) is 63.2 Å². The fourth-order valence-corrected chi connectivity index (χ4v) is 3.93. The normalized spacial score (nSPS) is 16.9. The van der Waals surface area contributed by atoms with E-state index in [0.717, 1.165) is 17.1 Å². The zero-order valence-electron chi connectivity index (χ0n) is 26.0. The van der Waals surface area contributed by atoms with Gasteiger partial charge in [0.2, 0.25) is 23.6 Å². The number of imide groups is 1. The third kappa shape index (κ3) is 11.8. The zero-order chi connectivity index (χ0) is 32.5. The molecule has 43 heavy (non-hydrogen) atoms. The van der Waals surface area contributed by atoms with Gasteiger partial charge in [0.15, 0.2) is 0 Å². The highest BCUT2D eigenvalue weighted by atomic mass is 16.2. The summed E-state index contributed by atoms with van der Waals surface area (Å²) in [5, 5.41) is 5.53. The van der Waals surface area contributed by atoms with Gasteiger partial charge in [-0.25, -0.2) is 0 Å². The molecule has 13 heteroatoms.